The zero-order chi connectivity index (χ0) is 23.5. The summed E-state index contributed by atoms with van der Waals surface area (Å²) in [5, 5.41) is 2.68. The van der Waals surface area contributed by atoms with Crippen molar-refractivity contribution in [3.63, 3.8) is 0 Å². The van der Waals surface area contributed by atoms with Crippen LogP contribution in [0.25, 0.3) is 5.70 Å². The molecule has 2 heterocycles. The lowest BCUT2D eigenvalue weighted by Gasteiger charge is -2.35. The Kier molecular flexibility index (Phi) is 6.48. The highest BCUT2D eigenvalue weighted by molar-refractivity contribution is 5.96. The minimum atomic E-state index is -0.663. The number of nitrogens with zero attached hydrogens (tertiary/aromatic N) is 1. The molecule has 9 heteroatoms. The van der Waals surface area contributed by atoms with Gasteiger partial charge in [-0.2, -0.15) is 0 Å². The van der Waals surface area contributed by atoms with Gasteiger partial charge in [0.05, 0.1) is 19.4 Å². The van der Waals surface area contributed by atoms with Gasteiger partial charge < -0.3 is 24.4 Å². The van der Waals surface area contributed by atoms with Crippen LogP contribution in [0, 0.1) is 17.6 Å². The average Bonchev–Trinajstić information content (AvgIpc) is 2.82. The van der Waals surface area contributed by atoms with Crippen LogP contribution in [0.1, 0.15) is 28.8 Å². The Bertz CT molecular complexity index is 1100. The topological polar surface area (TPSA) is 77.1 Å². The smallest absolute Gasteiger partial charge is 0.341 e. The summed E-state index contributed by atoms with van der Waals surface area (Å²) in [7, 11) is 1.23. The van der Waals surface area contributed by atoms with E-state index in [0.717, 1.165) is 18.9 Å². The van der Waals surface area contributed by atoms with E-state index in [9.17, 15) is 18.4 Å². The number of amides is 1. The summed E-state index contributed by atoms with van der Waals surface area (Å²) < 4.78 is 43.9. The lowest BCUT2D eigenvalue weighted by Crippen LogP contribution is -2.34. The first-order chi connectivity index (χ1) is 15.9. The van der Waals surface area contributed by atoms with Crippen molar-refractivity contribution < 1.29 is 32.6 Å². The Hall–Kier alpha value is -3.62. The largest absolute Gasteiger partial charge is 0.492 e. The Morgan fingerprint density at radius 1 is 1.21 bits per heavy atom. The number of rotatable bonds is 6. The molecule has 0 unspecified atom stereocenters. The van der Waals surface area contributed by atoms with Gasteiger partial charge in [0, 0.05) is 30.4 Å². The van der Waals surface area contributed by atoms with E-state index in [1.807, 2.05) is 4.90 Å². The molecule has 2 aromatic rings. The fraction of sp³-hybridized carbons (Fsp3) is 0.333. The molecular weight excluding hydrogens is 434 g/mol. The number of fused-ring (bicyclic) bond motifs is 1. The first-order valence-electron chi connectivity index (χ1n) is 10.6. The van der Waals surface area contributed by atoms with Crippen molar-refractivity contribution in [1.29, 1.82) is 0 Å². The van der Waals surface area contributed by atoms with Crippen LogP contribution in [0.15, 0.2) is 36.9 Å². The van der Waals surface area contributed by atoms with Gasteiger partial charge in [0.1, 0.15) is 28.7 Å². The Morgan fingerprint density at radius 2 is 1.97 bits per heavy atom. The second-order valence-corrected chi connectivity index (χ2v) is 7.99. The van der Waals surface area contributed by atoms with E-state index in [0.29, 0.717) is 42.4 Å². The minimum absolute atomic E-state index is 0.0438. The third kappa shape index (κ3) is 4.92. The molecule has 1 N–H and O–H groups in total. The molecule has 0 aromatic heterocycles. The Balaban J connectivity index is 1.36. The van der Waals surface area contributed by atoms with Crippen molar-refractivity contribution in [2.75, 3.05) is 38.7 Å². The van der Waals surface area contributed by atoms with Gasteiger partial charge in [-0.05, 0) is 43.0 Å². The molecular formula is C24H24F2N2O5. The molecule has 2 aliphatic rings. The quantitative estimate of drug-likeness (QED) is 0.663. The zero-order valence-electron chi connectivity index (χ0n) is 18.2. The molecule has 0 atom stereocenters. The minimum Gasteiger partial charge on any atom is -0.492 e. The maximum absolute atomic E-state index is 14.7. The number of piperidine rings is 1. The van der Waals surface area contributed by atoms with Gasteiger partial charge >= 0.3 is 5.97 Å². The summed E-state index contributed by atoms with van der Waals surface area (Å²) in [5.74, 6) is -1.19. The maximum atomic E-state index is 14.7. The Morgan fingerprint density at radius 3 is 2.70 bits per heavy atom. The summed E-state index contributed by atoms with van der Waals surface area (Å²) in [6, 6.07) is 6.54. The molecule has 0 spiro atoms. The number of ether oxygens (including phenoxy) is 3. The number of halogens is 2. The Labute approximate surface area is 189 Å². The van der Waals surface area contributed by atoms with Gasteiger partial charge in [-0.25, -0.2) is 13.6 Å². The standard InChI is InChI=1S/C24H24F2N2O5/c1-14(17-10-20-22(11-19(17)26)33-13-23(29)27-20)28-7-5-15(6-8-28)12-32-21-4-3-16(25)9-18(21)24(30)31-2/h3-4,9-11,15H,1,5-8,12-13H2,2H3,(H,27,29). The summed E-state index contributed by atoms with van der Waals surface area (Å²) in [4.78, 5) is 25.4. The number of benzene rings is 2. The predicted octanol–water partition coefficient (Wildman–Crippen LogP) is 3.84. The molecule has 0 aliphatic carbocycles. The molecule has 2 aromatic carbocycles. The van der Waals surface area contributed by atoms with Gasteiger partial charge in [0.25, 0.3) is 5.91 Å². The van der Waals surface area contributed by atoms with Crippen LogP contribution in [0.3, 0.4) is 0 Å². The normalized spacial score (nSPS) is 15.8. The maximum Gasteiger partial charge on any atom is 0.341 e. The van der Waals surface area contributed by atoms with Crippen molar-refractivity contribution >= 4 is 23.3 Å². The number of carbonyl (C=O) groups is 2. The molecule has 2 aliphatic heterocycles. The van der Waals surface area contributed by atoms with Crippen LogP contribution in [0.5, 0.6) is 11.5 Å². The van der Waals surface area contributed by atoms with Gasteiger partial charge in [0.2, 0.25) is 0 Å². The highest BCUT2D eigenvalue weighted by Crippen LogP contribution is 2.35. The van der Waals surface area contributed by atoms with Gasteiger partial charge in [-0.3, -0.25) is 4.79 Å². The van der Waals surface area contributed by atoms with Crippen LogP contribution in [0.2, 0.25) is 0 Å². The van der Waals surface area contributed by atoms with Crippen molar-refractivity contribution in [2.45, 2.75) is 12.8 Å². The fourth-order valence-corrected chi connectivity index (χ4v) is 3.97. The van der Waals surface area contributed by atoms with Gasteiger partial charge in [-0.1, -0.05) is 6.58 Å². The van der Waals surface area contributed by atoms with Crippen molar-refractivity contribution in [3.8, 4) is 11.5 Å². The molecule has 4 rings (SSSR count). The van der Waals surface area contributed by atoms with E-state index in [1.165, 1.54) is 25.3 Å². The molecule has 7 nitrogen and oxygen atoms in total. The number of anilines is 1. The third-order valence-corrected chi connectivity index (χ3v) is 5.83. The first-order valence-corrected chi connectivity index (χ1v) is 10.6. The van der Waals surface area contributed by atoms with E-state index in [2.05, 4.69) is 11.9 Å². The number of carbonyl (C=O) groups excluding carboxylic acids is 2. The molecule has 1 fully saturated rings. The third-order valence-electron chi connectivity index (χ3n) is 5.83. The van der Waals surface area contributed by atoms with Crippen LogP contribution in [-0.2, 0) is 9.53 Å². The van der Waals surface area contributed by atoms with Gasteiger partial charge in [0.15, 0.2) is 6.61 Å². The van der Waals surface area contributed by atoms with Gasteiger partial charge in [-0.15, -0.1) is 0 Å². The van der Waals surface area contributed by atoms with E-state index < -0.39 is 17.6 Å². The van der Waals surface area contributed by atoms with Crippen LogP contribution in [-0.4, -0.2) is 50.2 Å². The first kappa shape index (κ1) is 22.6. The van der Waals surface area contributed by atoms with Crippen LogP contribution in [0.4, 0.5) is 14.5 Å². The van der Waals surface area contributed by atoms with Crippen molar-refractivity contribution in [1.82, 2.24) is 4.90 Å². The molecule has 1 saturated heterocycles. The number of methoxy groups -OCH3 is 1. The average molecular weight is 458 g/mol. The van der Waals surface area contributed by atoms with Crippen LogP contribution >= 0.6 is 0 Å². The molecule has 0 saturated carbocycles. The number of likely N-dealkylation sites (tertiary alicyclic amines) is 1. The predicted molar refractivity (Wildman–Crippen MR) is 117 cm³/mol. The number of hydrogen-bond acceptors (Lipinski definition) is 6. The van der Waals surface area contributed by atoms with E-state index in [4.69, 9.17) is 14.2 Å². The second-order valence-electron chi connectivity index (χ2n) is 7.99. The monoisotopic (exact) mass is 458 g/mol. The van der Waals surface area contributed by atoms with Crippen molar-refractivity contribution in [3.05, 3.63) is 59.7 Å². The molecule has 174 valence electrons. The molecule has 0 bridgehead atoms. The molecule has 33 heavy (non-hydrogen) atoms. The van der Waals surface area contributed by atoms with Crippen molar-refractivity contribution in [2.24, 2.45) is 5.92 Å². The molecule has 0 radical (unpaired) electrons. The number of nitrogens with one attached hydrogen (secondary N) is 1. The van der Waals surface area contributed by atoms with E-state index in [-0.39, 0.29) is 29.7 Å². The lowest BCUT2D eigenvalue weighted by molar-refractivity contribution is -0.118. The summed E-state index contributed by atoms with van der Waals surface area (Å²) >= 11 is 0. The number of esters is 1. The van der Waals surface area contributed by atoms with E-state index in [1.54, 1.807) is 6.07 Å². The number of hydrogen-bond donors (Lipinski definition) is 1. The summed E-state index contributed by atoms with van der Waals surface area (Å²) in [5.41, 5.74) is 1.30. The SMILES string of the molecule is C=C(c1cc2c(cc1F)OCC(=O)N2)N1CCC(COc2ccc(F)cc2C(=O)OC)CC1. The molecule has 1 amide bonds. The highest BCUT2D eigenvalue weighted by atomic mass is 19.1. The second kappa shape index (κ2) is 9.48. The fourth-order valence-electron chi connectivity index (χ4n) is 3.97. The summed E-state index contributed by atoms with van der Waals surface area (Å²) in [6.45, 7) is 5.55. The zero-order valence-corrected chi connectivity index (χ0v) is 18.2. The van der Waals surface area contributed by atoms with Crippen LogP contribution < -0.4 is 14.8 Å². The van der Waals surface area contributed by atoms with E-state index >= 15 is 0 Å². The lowest BCUT2D eigenvalue weighted by atomic mass is 9.96. The highest BCUT2D eigenvalue weighted by Gasteiger charge is 2.25. The summed E-state index contributed by atoms with van der Waals surface area (Å²) in [6.07, 6.45) is 1.53.